The van der Waals surface area contributed by atoms with Crippen LogP contribution in [-0.4, -0.2) is 26.4 Å². The van der Waals surface area contributed by atoms with Crippen LogP contribution in [0.2, 0.25) is 0 Å². The molecule has 7 nitrogen and oxygen atoms in total. The number of benzene rings is 1. The second-order valence-electron chi connectivity index (χ2n) is 6.15. The van der Waals surface area contributed by atoms with Gasteiger partial charge in [0.25, 0.3) is 5.56 Å². The molecule has 0 radical (unpaired) electrons. The van der Waals surface area contributed by atoms with Gasteiger partial charge in [-0.05, 0) is 12.8 Å². The summed E-state index contributed by atoms with van der Waals surface area (Å²) in [6.07, 6.45) is 4.13. The van der Waals surface area contributed by atoms with Crippen molar-refractivity contribution < 1.29 is 14.7 Å². The number of hydrogen-bond acceptors (Lipinski definition) is 4. The van der Waals surface area contributed by atoms with Crippen LogP contribution in [0.1, 0.15) is 64.6 Å². The number of aromatic amines is 1. The molecule has 130 valence electrons. The molecule has 1 aromatic heterocycles. The summed E-state index contributed by atoms with van der Waals surface area (Å²) in [6.45, 7) is 0. The van der Waals surface area contributed by atoms with Crippen LogP contribution in [-0.2, 0) is 0 Å². The quantitative estimate of drug-likeness (QED) is 0.826. The fourth-order valence-corrected chi connectivity index (χ4v) is 3.33. The van der Waals surface area contributed by atoms with Gasteiger partial charge in [0, 0.05) is 11.6 Å². The Bertz CT molecular complexity index is 921. The van der Waals surface area contributed by atoms with Crippen molar-refractivity contribution in [2.75, 3.05) is 0 Å². The SMILES string of the molecule is O=C(O)c1[nH]c(=O)n(C2CCCCC2)c(=O)c1C(=O)c1ccccc1. The Morgan fingerprint density at radius 3 is 2.28 bits per heavy atom. The van der Waals surface area contributed by atoms with E-state index >= 15 is 0 Å². The molecule has 7 heteroatoms. The number of H-pyrrole nitrogens is 1. The standard InChI is InChI=1S/C18H18N2O5/c21-15(11-7-3-1-4-8-11)13-14(17(23)24)19-18(25)20(16(13)22)12-9-5-2-6-10-12/h1,3-4,7-8,12H,2,5-6,9-10H2,(H,19,25)(H,23,24). The highest BCUT2D eigenvalue weighted by Crippen LogP contribution is 2.26. The molecule has 0 unspecified atom stereocenters. The summed E-state index contributed by atoms with van der Waals surface area (Å²) < 4.78 is 1.02. The summed E-state index contributed by atoms with van der Waals surface area (Å²) in [5.74, 6) is -2.21. The molecule has 0 spiro atoms. The van der Waals surface area contributed by atoms with E-state index in [1.54, 1.807) is 18.2 Å². The number of hydrogen-bond donors (Lipinski definition) is 2. The molecule has 2 N–H and O–H groups in total. The molecule has 0 bridgehead atoms. The fraction of sp³-hybridized carbons (Fsp3) is 0.333. The van der Waals surface area contributed by atoms with Gasteiger partial charge in [0.2, 0.25) is 5.78 Å². The maximum Gasteiger partial charge on any atom is 0.353 e. The van der Waals surface area contributed by atoms with E-state index in [0.717, 1.165) is 23.8 Å². The zero-order valence-electron chi connectivity index (χ0n) is 13.5. The van der Waals surface area contributed by atoms with E-state index in [0.29, 0.717) is 12.8 Å². The summed E-state index contributed by atoms with van der Waals surface area (Å²) >= 11 is 0. The van der Waals surface area contributed by atoms with Crippen molar-refractivity contribution in [2.45, 2.75) is 38.1 Å². The molecule has 0 saturated heterocycles. The highest BCUT2D eigenvalue weighted by molar-refractivity contribution is 6.13. The first kappa shape index (κ1) is 16.9. The van der Waals surface area contributed by atoms with Gasteiger partial charge in [-0.25, -0.2) is 9.59 Å². The Morgan fingerprint density at radius 1 is 1.04 bits per heavy atom. The number of carboxylic acids is 1. The summed E-state index contributed by atoms with van der Waals surface area (Å²) in [5.41, 5.74) is -2.56. The van der Waals surface area contributed by atoms with Crippen LogP contribution < -0.4 is 11.2 Å². The molecule has 1 saturated carbocycles. The van der Waals surface area contributed by atoms with Gasteiger partial charge in [0.15, 0.2) is 0 Å². The van der Waals surface area contributed by atoms with E-state index in [1.807, 2.05) is 0 Å². The second kappa shape index (κ2) is 6.88. The lowest BCUT2D eigenvalue weighted by Crippen LogP contribution is -2.43. The van der Waals surface area contributed by atoms with Crippen molar-refractivity contribution in [1.29, 1.82) is 0 Å². The zero-order chi connectivity index (χ0) is 18.0. The first-order valence-corrected chi connectivity index (χ1v) is 8.22. The summed E-state index contributed by atoms with van der Waals surface area (Å²) in [4.78, 5) is 51.6. The lowest BCUT2D eigenvalue weighted by Gasteiger charge is -2.23. The zero-order valence-corrected chi connectivity index (χ0v) is 13.5. The molecule has 1 aliphatic carbocycles. The van der Waals surface area contributed by atoms with Crippen LogP contribution in [0.3, 0.4) is 0 Å². The maximum absolute atomic E-state index is 12.9. The van der Waals surface area contributed by atoms with Gasteiger partial charge in [0.1, 0.15) is 11.3 Å². The summed E-state index contributed by atoms with van der Waals surface area (Å²) in [5, 5.41) is 9.34. The average molecular weight is 342 g/mol. The van der Waals surface area contributed by atoms with Crippen molar-refractivity contribution >= 4 is 11.8 Å². The van der Waals surface area contributed by atoms with Crippen molar-refractivity contribution in [3.05, 3.63) is 68.0 Å². The van der Waals surface area contributed by atoms with Gasteiger partial charge >= 0.3 is 11.7 Å². The second-order valence-corrected chi connectivity index (χ2v) is 6.15. The Morgan fingerprint density at radius 2 is 1.68 bits per heavy atom. The highest BCUT2D eigenvalue weighted by Gasteiger charge is 2.28. The molecule has 1 aromatic carbocycles. The number of aromatic nitrogens is 2. The Balaban J connectivity index is 2.21. The van der Waals surface area contributed by atoms with Gasteiger partial charge in [-0.1, -0.05) is 49.6 Å². The fourth-order valence-electron chi connectivity index (χ4n) is 3.33. The van der Waals surface area contributed by atoms with Crippen LogP contribution in [0, 0.1) is 0 Å². The first-order chi connectivity index (χ1) is 12.0. The number of carbonyl (C=O) groups is 2. The molecular weight excluding hydrogens is 324 g/mol. The molecule has 1 heterocycles. The van der Waals surface area contributed by atoms with Crippen LogP contribution >= 0.6 is 0 Å². The maximum atomic E-state index is 12.9. The van der Waals surface area contributed by atoms with Crippen molar-refractivity contribution in [1.82, 2.24) is 9.55 Å². The first-order valence-electron chi connectivity index (χ1n) is 8.22. The Labute approximate surface area is 142 Å². The van der Waals surface area contributed by atoms with Gasteiger partial charge in [0.05, 0.1) is 0 Å². The van der Waals surface area contributed by atoms with E-state index in [4.69, 9.17) is 0 Å². The van der Waals surface area contributed by atoms with E-state index < -0.39 is 34.3 Å². The molecule has 25 heavy (non-hydrogen) atoms. The van der Waals surface area contributed by atoms with Gasteiger partial charge in [-0.3, -0.25) is 14.2 Å². The lowest BCUT2D eigenvalue weighted by molar-refractivity contribution is 0.0684. The largest absolute Gasteiger partial charge is 0.477 e. The minimum atomic E-state index is -1.51. The molecule has 3 rings (SSSR count). The molecule has 1 aliphatic rings. The highest BCUT2D eigenvalue weighted by atomic mass is 16.4. The monoisotopic (exact) mass is 342 g/mol. The smallest absolute Gasteiger partial charge is 0.353 e. The van der Waals surface area contributed by atoms with Gasteiger partial charge in [-0.2, -0.15) is 0 Å². The number of aromatic carboxylic acids is 1. The van der Waals surface area contributed by atoms with E-state index in [9.17, 15) is 24.3 Å². The molecule has 2 aromatic rings. The number of rotatable bonds is 4. The predicted octanol–water partition coefficient (Wildman–Crippen LogP) is 1.97. The van der Waals surface area contributed by atoms with E-state index in [2.05, 4.69) is 4.98 Å². The topological polar surface area (TPSA) is 109 Å². The minimum absolute atomic E-state index is 0.198. The third-order valence-corrected chi connectivity index (χ3v) is 4.55. The third-order valence-electron chi connectivity index (χ3n) is 4.55. The molecular formula is C18H18N2O5. The number of nitrogens with zero attached hydrogens (tertiary/aromatic N) is 1. The van der Waals surface area contributed by atoms with Crippen LogP contribution in [0.25, 0.3) is 0 Å². The normalized spacial score (nSPS) is 15.0. The van der Waals surface area contributed by atoms with Crippen molar-refractivity contribution in [3.8, 4) is 0 Å². The predicted molar refractivity (Wildman–Crippen MR) is 90.3 cm³/mol. The molecule has 1 fully saturated rings. The Hall–Kier alpha value is -2.96. The summed E-state index contributed by atoms with van der Waals surface area (Å²) in [6, 6.07) is 7.66. The summed E-state index contributed by atoms with van der Waals surface area (Å²) in [7, 11) is 0. The number of ketones is 1. The van der Waals surface area contributed by atoms with Gasteiger partial charge < -0.3 is 10.1 Å². The van der Waals surface area contributed by atoms with E-state index in [1.165, 1.54) is 12.1 Å². The molecule has 0 aliphatic heterocycles. The number of nitrogens with one attached hydrogen (secondary N) is 1. The molecule has 0 atom stereocenters. The van der Waals surface area contributed by atoms with Crippen LogP contribution in [0.15, 0.2) is 39.9 Å². The average Bonchev–Trinajstić information content (AvgIpc) is 2.62. The van der Waals surface area contributed by atoms with Crippen LogP contribution in [0.5, 0.6) is 0 Å². The number of carboxylic acid groups (broad SMARTS) is 1. The third kappa shape index (κ3) is 3.17. The molecule has 0 amide bonds. The lowest BCUT2D eigenvalue weighted by atomic mass is 9.95. The van der Waals surface area contributed by atoms with Crippen LogP contribution in [0.4, 0.5) is 0 Å². The number of carbonyl (C=O) groups excluding carboxylic acids is 1. The Kier molecular flexibility index (Phi) is 4.65. The minimum Gasteiger partial charge on any atom is -0.477 e. The van der Waals surface area contributed by atoms with Crippen molar-refractivity contribution in [3.63, 3.8) is 0 Å². The van der Waals surface area contributed by atoms with E-state index in [-0.39, 0.29) is 11.6 Å². The van der Waals surface area contributed by atoms with Crippen molar-refractivity contribution in [2.24, 2.45) is 0 Å². The van der Waals surface area contributed by atoms with Gasteiger partial charge in [-0.15, -0.1) is 0 Å².